The molecular formula is C52H35NO. The van der Waals surface area contributed by atoms with Gasteiger partial charge >= 0.3 is 0 Å². The molecule has 0 saturated carbocycles. The van der Waals surface area contributed by atoms with Gasteiger partial charge in [0.25, 0.3) is 0 Å². The number of furan rings is 1. The summed E-state index contributed by atoms with van der Waals surface area (Å²) in [6.45, 7) is 0. The molecule has 0 saturated heterocycles. The molecule has 2 nitrogen and oxygen atoms in total. The minimum absolute atomic E-state index is 0.874. The van der Waals surface area contributed by atoms with E-state index in [0.717, 1.165) is 61.3 Å². The van der Waals surface area contributed by atoms with Crippen LogP contribution in [0.4, 0.5) is 17.1 Å². The summed E-state index contributed by atoms with van der Waals surface area (Å²) in [5.74, 6) is 0. The third-order valence-corrected chi connectivity index (χ3v) is 10.5. The monoisotopic (exact) mass is 689 g/mol. The van der Waals surface area contributed by atoms with Crippen LogP contribution in [-0.4, -0.2) is 0 Å². The lowest BCUT2D eigenvalue weighted by Crippen LogP contribution is -2.12. The maximum atomic E-state index is 6.47. The Labute approximate surface area is 314 Å². The summed E-state index contributed by atoms with van der Waals surface area (Å²) in [5, 5.41) is 4.68. The molecule has 0 bridgehead atoms. The third kappa shape index (κ3) is 5.53. The summed E-state index contributed by atoms with van der Waals surface area (Å²) in [4.78, 5) is 2.42. The number of nitrogens with zero attached hydrogens (tertiary/aromatic N) is 1. The van der Waals surface area contributed by atoms with E-state index in [2.05, 4.69) is 211 Å². The lowest BCUT2D eigenvalue weighted by molar-refractivity contribution is 0.669. The van der Waals surface area contributed by atoms with Crippen LogP contribution in [0.5, 0.6) is 0 Å². The van der Waals surface area contributed by atoms with Gasteiger partial charge in [-0.15, -0.1) is 0 Å². The normalized spacial score (nSPS) is 11.3. The molecule has 0 spiro atoms. The minimum Gasteiger partial charge on any atom is -0.456 e. The smallest absolute Gasteiger partial charge is 0.136 e. The predicted molar refractivity (Wildman–Crippen MR) is 228 cm³/mol. The highest BCUT2D eigenvalue weighted by Crippen LogP contribution is 2.49. The van der Waals surface area contributed by atoms with Crippen LogP contribution in [0.3, 0.4) is 0 Å². The molecular weight excluding hydrogens is 655 g/mol. The van der Waals surface area contributed by atoms with Crippen LogP contribution < -0.4 is 4.90 Å². The molecule has 0 amide bonds. The average molecular weight is 690 g/mol. The molecule has 0 atom stereocenters. The fraction of sp³-hybridized carbons (Fsp3) is 0. The molecule has 0 aliphatic carbocycles. The van der Waals surface area contributed by atoms with E-state index < -0.39 is 0 Å². The summed E-state index contributed by atoms with van der Waals surface area (Å²) in [6.07, 6.45) is 0. The second-order valence-electron chi connectivity index (χ2n) is 13.7. The van der Waals surface area contributed by atoms with Crippen LogP contribution in [0.15, 0.2) is 217 Å². The van der Waals surface area contributed by atoms with E-state index in [1.54, 1.807) is 0 Å². The topological polar surface area (TPSA) is 16.4 Å². The molecule has 1 aromatic heterocycles. The molecule has 10 rings (SSSR count). The van der Waals surface area contributed by atoms with Gasteiger partial charge in [-0.1, -0.05) is 170 Å². The fourth-order valence-corrected chi connectivity index (χ4v) is 8.00. The third-order valence-electron chi connectivity index (χ3n) is 10.5. The number of para-hydroxylation sites is 1. The Morgan fingerprint density at radius 1 is 0.333 bits per heavy atom. The SMILES string of the molecule is c1ccc(-c2ccc(N(c3cccc(-c4cccc5ccccc45)c3)c3cccc(-c4ccccc4)c3-c3cccc4oc5ccccc5c34)cc2)cc1. The van der Waals surface area contributed by atoms with Crippen molar-refractivity contribution in [2.24, 2.45) is 0 Å². The van der Waals surface area contributed by atoms with Crippen molar-refractivity contribution in [1.29, 1.82) is 0 Å². The Bertz CT molecular complexity index is 2920. The summed E-state index contributed by atoms with van der Waals surface area (Å²) in [6, 6.07) is 75.9. The first-order valence-electron chi connectivity index (χ1n) is 18.4. The predicted octanol–water partition coefficient (Wildman–Crippen LogP) is 14.9. The number of hydrogen-bond acceptors (Lipinski definition) is 2. The molecule has 0 aliphatic heterocycles. The lowest BCUT2D eigenvalue weighted by atomic mass is 9.89. The van der Waals surface area contributed by atoms with Crippen molar-refractivity contribution in [2.75, 3.05) is 4.90 Å². The highest BCUT2D eigenvalue weighted by Gasteiger charge is 2.24. The van der Waals surface area contributed by atoms with Gasteiger partial charge in [-0.05, 0) is 92.2 Å². The summed E-state index contributed by atoms with van der Waals surface area (Å²) < 4.78 is 6.47. The second-order valence-corrected chi connectivity index (χ2v) is 13.7. The van der Waals surface area contributed by atoms with Crippen molar-refractivity contribution in [2.45, 2.75) is 0 Å². The average Bonchev–Trinajstić information content (AvgIpc) is 3.64. The van der Waals surface area contributed by atoms with Gasteiger partial charge in [-0.25, -0.2) is 0 Å². The summed E-state index contributed by atoms with van der Waals surface area (Å²) >= 11 is 0. The molecule has 1 heterocycles. The van der Waals surface area contributed by atoms with Crippen LogP contribution in [-0.2, 0) is 0 Å². The van der Waals surface area contributed by atoms with Gasteiger partial charge in [-0.3, -0.25) is 0 Å². The van der Waals surface area contributed by atoms with E-state index in [-0.39, 0.29) is 0 Å². The van der Waals surface area contributed by atoms with Crippen LogP contribution in [0.1, 0.15) is 0 Å². The summed E-state index contributed by atoms with van der Waals surface area (Å²) in [7, 11) is 0. The Morgan fingerprint density at radius 3 is 1.74 bits per heavy atom. The highest BCUT2D eigenvalue weighted by atomic mass is 16.3. The standard InChI is InChI=1S/C52H35NO/c1-3-15-36(16-4-1)37-31-33-41(34-32-37)53(42-22-11-21-40(35-42)44-25-12-20-38-19-7-8-23-43(38)44)48-28-13-26-45(39-17-5-2-6-18-39)51(48)47-27-14-30-50-52(47)46-24-9-10-29-49(46)54-50/h1-35H. The Balaban J connectivity index is 1.26. The van der Waals surface area contributed by atoms with Gasteiger partial charge in [0.05, 0.1) is 5.69 Å². The quantitative estimate of drug-likeness (QED) is 0.166. The molecule has 0 fully saturated rings. The van der Waals surface area contributed by atoms with E-state index in [1.807, 2.05) is 6.07 Å². The molecule has 0 radical (unpaired) electrons. The number of anilines is 3. The van der Waals surface area contributed by atoms with Crippen molar-refractivity contribution in [3.05, 3.63) is 212 Å². The van der Waals surface area contributed by atoms with E-state index >= 15 is 0 Å². The van der Waals surface area contributed by atoms with Gasteiger partial charge in [0.2, 0.25) is 0 Å². The Hall–Kier alpha value is -7.16. The largest absolute Gasteiger partial charge is 0.456 e. The van der Waals surface area contributed by atoms with Crippen LogP contribution in [0.2, 0.25) is 0 Å². The molecule has 54 heavy (non-hydrogen) atoms. The molecule has 9 aromatic carbocycles. The Morgan fingerprint density at radius 2 is 0.907 bits per heavy atom. The van der Waals surface area contributed by atoms with Crippen molar-refractivity contribution in [3.8, 4) is 44.5 Å². The molecule has 0 unspecified atom stereocenters. The first-order chi connectivity index (χ1) is 26.8. The molecule has 10 aromatic rings. The molecule has 0 aliphatic rings. The molecule has 0 N–H and O–H groups in total. The zero-order valence-corrected chi connectivity index (χ0v) is 29.6. The summed E-state index contributed by atoms with van der Waals surface area (Å²) in [5.41, 5.74) is 14.3. The molecule has 2 heteroatoms. The lowest BCUT2D eigenvalue weighted by Gasteiger charge is -2.30. The highest BCUT2D eigenvalue weighted by molar-refractivity contribution is 6.15. The van der Waals surface area contributed by atoms with E-state index in [9.17, 15) is 0 Å². The maximum absolute atomic E-state index is 6.47. The van der Waals surface area contributed by atoms with Gasteiger partial charge < -0.3 is 9.32 Å². The zero-order chi connectivity index (χ0) is 35.8. The molecule has 254 valence electrons. The van der Waals surface area contributed by atoms with Crippen molar-refractivity contribution in [1.82, 2.24) is 0 Å². The number of benzene rings is 9. The van der Waals surface area contributed by atoms with Crippen LogP contribution >= 0.6 is 0 Å². The van der Waals surface area contributed by atoms with Crippen LogP contribution in [0.25, 0.3) is 77.2 Å². The van der Waals surface area contributed by atoms with E-state index in [4.69, 9.17) is 4.42 Å². The number of rotatable bonds is 7. The van der Waals surface area contributed by atoms with E-state index in [1.165, 1.54) is 33.0 Å². The van der Waals surface area contributed by atoms with Crippen molar-refractivity contribution < 1.29 is 4.42 Å². The fourth-order valence-electron chi connectivity index (χ4n) is 8.00. The first-order valence-corrected chi connectivity index (χ1v) is 18.4. The van der Waals surface area contributed by atoms with Crippen molar-refractivity contribution >= 4 is 49.8 Å². The van der Waals surface area contributed by atoms with Gasteiger partial charge in [0.1, 0.15) is 11.2 Å². The van der Waals surface area contributed by atoms with Gasteiger partial charge in [0.15, 0.2) is 0 Å². The minimum atomic E-state index is 0.874. The second kappa shape index (κ2) is 13.4. The first kappa shape index (κ1) is 31.6. The van der Waals surface area contributed by atoms with Gasteiger partial charge in [-0.2, -0.15) is 0 Å². The van der Waals surface area contributed by atoms with E-state index in [0.29, 0.717) is 0 Å². The van der Waals surface area contributed by atoms with Crippen LogP contribution in [0, 0.1) is 0 Å². The number of hydrogen-bond donors (Lipinski definition) is 0. The maximum Gasteiger partial charge on any atom is 0.136 e. The number of fused-ring (bicyclic) bond motifs is 4. The van der Waals surface area contributed by atoms with Gasteiger partial charge in [0, 0.05) is 27.7 Å². The van der Waals surface area contributed by atoms with Crippen molar-refractivity contribution in [3.63, 3.8) is 0 Å². The zero-order valence-electron chi connectivity index (χ0n) is 29.6. The Kier molecular flexibility index (Phi) is 7.85.